The predicted octanol–water partition coefficient (Wildman–Crippen LogP) is 3.39. The Morgan fingerprint density at radius 2 is 2.05 bits per heavy atom. The molecule has 0 radical (unpaired) electrons. The Hall–Kier alpha value is -0.630. The van der Waals surface area contributed by atoms with Crippen LogP contribution in [0.5, 0.6) is 0 Å². The fourth-order valence-corrected chi connectivity index (χ4v) is 6.72. The molecule has 1 aliphatic heterocycles. The van der Waals surface area contributed by atoms with Crippen molar-refractivity contribution in [1.29, 1.82) is 0 Å². The minimum atomic E-state index is -3.44. The third kappa shape index (κ3) is 2.07. The molecule has 20 heavy (non-hydrogen) atoms. The van der Waals surface area contributed by atoms with Crippen molar-refractivity contribution in [2.45, 2.75) is 30.6 Å². The molecule has 0 saturated carbocycles. The first kappa shape index (κ1) is 14.3. The first-order chi connectivity index (χ1) is 9.43. The molecule has 1 unspecified atom stereocenters. The van der Waals surface area contributed by atoms with Crippen LogP contribution >= 0.6 is 27.3 Å². The summed E-state index contributed by atoms with van der Waals surface area (Å²) in [5, 5.41) is 1.79. The summed E-state index contributed by atoms with van der Waals surface area (Å²) in [5.41, 5.74) is 2.24. The highest BCUT2D eigenvalue weighted by Gasteiger charge is 2.36. The van der Waals surface area contributed by atoms with E-state index in [1.165, 1.54) is 17.0 Å². The van der Waals surface area contributed by atoms with Crippen molar-refractivity contribution in [2.75, 3.05) is 6.54 Å². The lowest BCUT2D eigenvalue weighted by Crippen LogP contribution is -2.40. The van der Waals surface area contributed by atoms with Gasteiger partial charge in [-0.2, -0.15) is 4.31 Å². The van der Waals surface area contributed by atoms with Gasteiger partial charge in [0.15, 0.2) is 0 Å². The number of aryl methyl sites for hydroxylation is 1. The molecule has 0 N–H and O–H groups in total. The van der Waals surface area contributed by atoms with Gasteiger partial charge in [0.05, 0.1) is 6.04 Å². The van der Waals surface area contributed by atoms with Crippen LogP contribution in [0.3, 0.4) is 0 Å². The fourth-order valence-electron chi connectivity index (χ4n) is 2.70. The molecule has 0 saturated heterocycles. The number of hydrogen-bond donors (Lipinski definition) is 0. The van der Waals surface area contributed by atoms with Gasteiger partial charge in [0.2, 0.25) is 0 Å². The molecule has 0 aromatic carbocycles. The van der Waals surface area contributed by atoms with Crippen LogP contribution in [0, 0.1) is 6.92 Å². The van der Waals surface area contributed by atoms with E-state index in [4.69, 9.17) is 0 Å². The molecule has 0 aliphatic carbocycles. The Morgan fingerprint density at radius 1 is 1.30 bits per heavy atom. The lowest BCUT2D eigenvalue weighted by molar-refractivity contribution is 0.281. The van der Waals surface area contributed by atoms with E-state index >= 15 is 0 Å². The second-order valence-corrected chi connectivity index (χ2v) is 8.76. The van der Waals surface area contributed by atoms with E-state index in [0.29, 0.717) is 21.8 Å². The maximum absolute atomic E-state index is 12.8. The standard InChI is InChI=1S/C13H15BrN2O2S2/c1-9-3-4-12-10(2)16(7-6-15(9)12)20(17,18)13-11(14)5-8-19-13/h3-5,8,10H,6-7H2,1-2H3. The van der Waals surface area contributed by atoms with Crippen LogP contribution in [0.15, 0.2) is 32.3 Å². The van der Waals surface area contributed by atoms with Gasteiger partial charge < -0.3 is 4.57 Å². The first-order valence-electron chi connectivity index (χ1n) is 6.34. The van der Waals surface area contributed by atoms with Crippen molar-refractivity contribution in [3.63, 3.8) is 0 Å². The monoisotopic (exact) mass is 374 g/mol. The number of sulfonamides is 1. The van der Waals surface area contributed by atoms with Crippen molar-refractivity contribution in [3.05, 3.63) is 39.4 Å². The average molecular weight is 375 g/mol. The zero-order valence-electron chi connectivity index (χ0n) is 11.2. The largest absolute Gasteiger partial charge is 0.346 e. The number of hydrogen-bond acceptors (Lipinski definition) is 3. The van der Waals surface area contributed by atoms with Gasteiger partial charge in [-0.1, -0.05) is 0 Å². The Balaban J connectivity index is 2.03. The van der Waals surface area contributed by atoms with Gasteiger partial charge in [-0.3, -0.25) is 0 Å². The third-order valence-corrected chi connectivity index (χ3v) is 8.38. The maximum atomic E-state index is 12.8. The molecule has 1 aliphatic rings. The van der Waals surface area contributed by atoms with Crippen LogP contribution in [0.2, 0.25) is 0 Å². The summed E-state index contributed by atoms with van der Waals surface area (Å²) in [7, 11) is -3.44. The third-order valence-electron chi connectivity index (χ3n) is 3.76. The number of aromatic nitrogens is 1. The van der Waals surface area contributed by atoms with Crippen LogP contribution < -0.4 is 0 Å². The quantitative estimate of drug-likeness (QED) is 0.808. The molecule has 7 heteroatoms. The summed E-state index contributed by atoms with van der Waals surface area (Å²) in [6, 6.07) is 5.70. The van der Waals surface area contributed by atoms with E-state index in [2.05, 4.69) is 27.4 Å². The highest BCUT2D eigenvalue weighted by Crippen LogP contribution is 2.36. The smallest absolute Gasteiger partial charge is 0.254 e. The molecule has 0 bridgehead atoms. The second-order valence-electron chi connectivity index (χ2n) is 4.90. The van der Waals surface area contributed by atoms with Gasteiger partial charge in [0.25, 0.3) is 10.0 Å². The number of nitrogens with zero attached hydrogens (tertiary/aromatic N) is 2. The fraction of sp³-hybridized carbons (Fsp3) is 0.385. The molecular formula is C13H15BrN2O2S2. The molecule has 2 aromatic rings. The number of thiophene rings is 1. The van der Waals surface area contributed by atoms with Crippen molar-refractivity contribution in [2.24, 2.45) is 0 Å². The molecule has 2 aromatic heterocycles. The lowest BCUT2D eigenvalue weighted by atomic mass is 10.2. The zero-order valence-corrected chi connectivity index (χ0v) is 14.4. The normalized spacial score (nSPS) is 20.1. The summed E-state index contributed by atoms with van der Waals surface area (Å²) in [6.45, 7) is 5.22. The number of halogens is 1. The van der Waals surface area contributed by atoms with Crippen LogP contribution in [0.4, 0.5) is 0 Å². The molecule has 3 rings (SSSR count). The maximum Gasteiger partial charge on any atom is 0.254 e. The van der Waals surface area contributed by atoms with E-state index in [-0.39, 0.29) is 6.04 Å². The topological polar surface area (TPSA) is 42.3 Å². The molecule has 0 fully saturated rings. The SMILES string of the molecule is Cc1ccc2n1CCN(S(=O)(=O)c1sccc1Br)C2C. The van der Waals surface area contributed by atoms with E-state index in [1.807, 2.05) is 19.1 Å². The van der Waals surface area contributed by atoms with E-state index in [9.17, 15) is 8.42 Å². The summed E-state index contributed by atoms with van der Waals surface area (Å²) >= 11 is 4.58. The molecule has 0 spiro atoms. The first-order valence-corrected chi connectivity index (χ1v) is 9.45. The molecule has 4 nitrogen and oxygen atoms in total. The van der Waals surface area contributed by atoms with Gasteiger partial charge in [-0.15, -0.1) is 11.3 Å². The van der Waals surface area contributed by atoms with Crippen LogP contribution in [0.25, 0.3) is 0 Å². The number of fused-ring (bicyclic) bond motifs is 1. The molecule has 3 heterocycles. The Bertz CT molecular complexity index is 748. The van der Waals surface area contributed by atoms with Gasteiger partial charge in [0.1, 0.15) is 4.21 Å². The molecule has 108 valence electrons. The Morgan fingerprint density at radius 3 is 2.70 bits per heavy atom. The van der Waals surface area contributed by atoms with Crippen LogP contribution in [0.1, 0.15) is 24.4 Å². The van der Waals surface area contributed by atoms with E-state index < -0.39 is 10.0 Å². The van der Waals surface area contributed by atoms with Crippen LogP contribution in [-0.2, 0) is 16.6 Å². The second kappa shape index (κ2) is 4.98. The summed E-state index contributed by atoms with van der Waals surface area (Å²) in [4.78, 5) is 0. The molecule has 1 atom stereocenters. The average Bonchev–Trinajstić information content (AvgIpc) is 2.97. The van der Waals surface area contributed by atoms with Crippen LogP contribution in [-0.4, -0.2) is 23.8 Å². The van der Waals surface area contributed by atoms with Gasteiger partial charge in [-0.05, 0) is 53.4 Å². The number of rotatable bonds is 2. The minimum Gasteiger partial charge on any atom is -0.346 e. The van der Waals surface area contributed by atoms with Crippen molar-refractivity contribution in [1.82, 2.24) is 8.87 Å². The Kier molecular flexibility index (Phi) is 3.56. The van der Waals surface area contributed by atoms with Gasteiger partial charge in [0, 0.05) is 29.0 Å². The highest BCUT2D eigenvalue weighted by molar-refractivity contribution is 9.10. The van der Waals surface area contributed by atoms with Gasteiger partial charge >= 0.3 is 0 Å². The van der Waals surface area contributed by atoms with E-state index in [1.54, 1.807) is 15.8 Å². The summed E-state index contributed by atoms with van der Waals surface area (Å²) in [5.74, 6) is 0. The van der Waals surface area contributed by atoms with Crippen molar-refractivity contribution >= 4 is 37.3 Å². The van der Waals surface area contributed by atoms with Gasteiger partial charge in [-0.25, -0.2) is 8.42 Å². The summed E-state index contributed by atoms with van der Waals surface area (Å²) in [6.07, 6.45) is 0. The lowest BCUT2D eigenvalue weighted by Gasteiger charge is -2.34. The van der Waals surface area contributed by atoms with Crippen molar-refractivity contribution in [3.8, 4) is 0 Å². The highest BCUT2D eigenvalue weighted by atomic mass is 79.9. The van der Waals surface area contributed by atoms with E-state index in [0.717, 1.165) is 5.69 Å². The van der Waals surface area contributed by atoms with Crippen molar-refractivity contribution < 1.29 is 8.42 Å². The summed E-state index contributed by atoms with van der Waals surface area (Å²) < 4.78 is 30.4. The minimum absolute atomic E-state index is 0.142. The predicted molar refractivity (Wildman–Crippen MR) is 83.5 cm³/mol. The Labute approximate surface area is 131 Å². The zero-order chi connectivity index (χ0) is 14.5. The molecule has 0 amide bonds. The molecular weight excluding hydrogens is 360 g/mol.